The maximum absolute atomic E-state index is 12.3. The summed E-state index contributed by atoms with van der Waals surface area (Å²) < 4.78 is 10.4. The van der Waals surface area contributed by atoms with Crippen molar-refractivity contribution in [3.8, 4) is 11.1 Å². The van der Waals surface area contributed by atoms with E-state index in [1.54, 1.807) is 0 Å². The minimum atomic E-state index is -1.02. The second-order valence-corrected chi connectivity index (χ2v) is 7.39. The van der Waals surface area contributed by atoms with Gasteiger partial charge in [-0.1, -0.05) is 48.5 Å². The van der Waals surface area contributed by atoms with Crippen molar-refractivity contribution in [2.45, 2.75) is 31.4 Å². The average Bonchev–Trinajstić information content (AvgIpc) is 3.08. The number of methoxy groups -OCH3 is 1. The predicted molar refractivity (Wildman–Crippen MR) is 114 cm³/mol. The maximum atomic E-state index is 12.3. The maximum Gasteiger partial charge on any atom is 0.407 e. The molecule has 0 fully saturated rings. The minimum Gasteiger partial charge on any atom is -0.481 e. The van der Waals surface area contributed by atoms with Crippen LogP contribution in [0, 0.1) is 0 Å². The highest BCUT2D eigenvalue weighted by Crippen LogP contribution is 2.44. The number of hydrogen-bond donors (Lipinski definition) is 3. The van der Waals surface area contributed by atoms with Crippen LogP contribution in [0.5, 0.6) is 0 Å². The first-order valence-corrected chi connectivity index (χ1v) is 10.0. The van der Waals surface area contributed by atoms with Gasteiger partial charge in [-0.2, -0.15) is 0 Å². The molecule has 0 saturated carbocycles. The highest BCUT2D eigenvalue weighted by molar-refractivity contribution is 5.85. The lowest BCUT2D eigenvalue weighted by molar-refractivity contribution is -0.140. The summed E-state index contributed by atoms with van der Waals surface area (Å²) in [5, 5.41) is 13.9. The van der Waals surface area contributed by atoms with E-state index in [9.17, 15) is 14.4 Å². The summed E-state index contributed by atoms with van der Waals surface area (Å²) in [7, 11) is 1.37. The molecule has 0 heterocycles. The van der Waals surface area contributed by atoms with Gasteiger partial charge in [0.15, 0.2) is 0 Å². The first kappa shape index (κ1) is 22.3. The lowest BCUT2D eigenvalue weighted by atomic mass is 9.98. The molecule has 0 bridgehead atoms. The smallest absolute Gasteiger partial charge is 0.407 e. The van der Waals surface area contributed by atoms with Crippen LogP contribution in [0.15, 0.2) is 48.5 Å². The molecule has 8 heteroatoms. The Kier molecular flexibility index (Phi) is 7.25. The van der Waals surface area contributed by atoms with E-state index in [1.165, 1.54) is 14.0 Å². The molecule has 3 rings (SSSR count). The van der Waals surface area contributed by atoms with E-state index in [1.807, 2.05) is 36.4 Å². The summed E-state index contributed by atoms with van der Waals surface area (Å²) in [5.74, 6) is -1.55. The van der Waals surface area contributed by atoms with Gasteiger partial charge in [-0.15, -0.1) is 0 Å². The fourth-order valence-corrected chi connectivity index (χ4v) is 3.68. The topological polar surface area (TPSA) is 114 Å². The molecule has 0 aromatic heterocycles. The van der Waals surface area contributed by atoms with Crippen molar-refractivity contribution in [2.24, 2.45) is 0 Å². The molecule has 1 aliphatic rings. The molecule has 2 aromatic carbocycles. The Morgan fingerprint density at radius 1 is 1.03 bits per heavy atom. The molecule has 3 N–H and O–H groups in total. The highest BCUT2D eigenvalue weighted by atomic mass is 16.5. The number of ether oxygens (including phenoxy) is 2. The molecule has 2 amide bonds. The van der Waals surface area contributed by atoms with Crippen LogP contribution in [-0.2, 0) is 19.1 Å². The quantitative estimate of drug-likeness (QED) is 0.568. The van der Waals surface area contributed by atoms with E-state index < -0.39 is 30.1 Å². The lowest BCUT2D eigenvalue weighted by Gasteiger charge is -2.18. The minimum absolute atomic E-state index is 0.0261. The number of benzene rings is 2. The van der Waals surface area contributed by atoms with Gasteiger partial charge < -0.3 is 25.2 Å². The molecule has 164 valence electrons. The molecular formula is C23H26N2O6. The molecule has 0 spiro atoms. The zero-order chi connectivity index (χ0) is 22.4. The Balaban J connectivity index is 1.52. The second kappa shape index (κ2) is 10.1. The average molecular weight is 426 g/mol. The van der Waals surface area contributed by atoms with Crippen molar-refractivity contribution >= 4 is 18.0 Å². The van der Waals surface area contributed by atoms with Gasteiger partial charge in [0.05, 0.1) is 12.5 Å². The SMILES string of the molecule is COC(CNC(=O)[C@@H](C)NC(=O)OCC1c2ccccc2-c2ccccc21)CC(=O)O. The van der Waals surface area contributed by atoms with Gasteiger partial charge in [0.2, 0.25) is 5.91 Å². The van der Waals surface area contributed by atoms with Gasteiger partial charge in [0.1, 0.15) is 12.6 Å². The highest BCUT2D eigenvalue weighted by Gasteiger charge is 2.29. The zero-order valence-electron chi connectivity index (χ0n) is 17.5. The van der Waals surface area contributed by atoms with Crippen LogP contribution < -0.4 is 10.6 Å². The van der Waals surface area contributed by atoms with Crippen LogP contribution in [-0.4, -0.2) is 55.5 Å². The van der Waals surface area contributed by atoms with Crippen molar-refractivity contribution in [2.75, 3.05) is 20.3 Å². The number of carbonyl (C=O) groups excluding carboxylic acids is 2. The van der Waals surface area contributed by atoms with Crippen LogP contribution in [0.2, 0.25) is 0 Å². The number of hydrogen-bond acceptors (Lipinski definition) is 5. The molecule has 31 heavy (non-hydrogen) atoms. The van der Waals surface area contributed by atoms with Gasteiger partial charge in [-0.3, -0.25) is 9.59 Å². The van der Waals surface area contributed by atoms with Crippen molar-refractivity contribution in [1.82, 2.24) is 10.6 Å². The fourth-order valence-electron chi connectivity index (χ4n) is 3.68. The molecule has 2 atom stereocenters. The Labute approximate surface area is 180 Å². The number of carboxylic acids is 1. The third-order valence-electron chi connectivity index (χ3n) is 5.31. The van der Waals surface area contributed by atoms with Crippen molar-refractivity contribution in [3.63, 3.8) is 0 Å². The first-order valence-electron chi connectivity index (χ1n) is 10.0. The number of aliphatic carboxylic acids is 1. The van der Waals surface area contributed by atoms with Gasteiger partial charge in [-0.25, -0.2) is 4.79 Å². The number of rotatable bonds is 9. The standard InChI is InChI=1S/C23H26N2O6/c1-14(22(28)24-12-15(30-2)11-21(26)27)25-23(29)31-13-20-18-9-5-3-7-16(18)17-8-4-6-10-19(17)20/h3-10,14-15,20H,11-13H2,1-2H3,(H,24,28)(H,25,29)(H,26,27)/t14-,15?/m1/s1. The van der Waals surface area contributed by atoms with Crippen LogP contribution in [0.4, 0.5) is 4.79 Å². The predicted octanol–water partition coefficient (Wildman–Crippen LogP) is 2.52. The molecule has 0 saturated heterocycles. The molecule has 0 radical (unpaired) electrons. The molecule has 8 nitrogen and oxygen atoms in total. The summed E-state index contributed by atoms with van der Waals surface area (Å²) >= 11 is 0. The normalized spacial score (nSPS) is 14.1. The number of carbonyl (C=O) groups is 3. The zero-order valence-corrected chi connectivity index (χ0v) is 17.5. The van der Waals surface area contributed by atoms with Crippen LogP contribution in [0.3, 0.4) is 0 Å². The number of nitrogens with one attached hydrogen (secondary N) is 2. The van der Waals surface area contributed by atoms with Gasteiger partial charge in [-0.05, 0) is 29.2 Å². The van der Waals surface area contributed by atoms with Crippen molar-refractivity contribution in [3.05, 3.63) is 59.7 Å². The molecule has 1 unspecified atom stereocenters. The van der Waals surface area contributed by atoms with E-state index in [4.69, 9.17) is 14.6 Å². The van der Waals surface area contributed by atoms with Gasteiger partial charge >= 0.3 is 12.1 Å². The molecular weight excluding hydrogens is 400 g/mol. The summed E-state index contributed by atoms with van der Waals surface area (Å²) in [6.07, 6.45) is -1.58. The van der Waals surface area contributed by atoms with Crippen molar-refractivity contribution in [1.29, 1.82) is 0 Å². The van der Waals surface area contributed by atoms with E-state index in [2.05, 4.69) is 22.8 Å². The van der Waals surface area contributed by atoms with Crippen molar-refractivity contribution < 1.29 is 29.0 Å². The molecule has 2 aromatic rings. The first-order chi connectivity index (χ1) is 14.9. The molecule has 1 aliphatic carbocycles. The summed E-state index contributed by atoms with van der Waals surface area (Å²) in [6.45, 7) is 1.70. The Hall–Kier alpha value is -3.39. The second-order valence-electron chi connectivity index (χ2n) is 7.39. The van der Waals surface area contributed by atoms with Gasteiger partial charge in [0, 0.05) is 19.6 Å². The van der Waals surface area contributed by atoms with Crippen LogP contribution >= 0.6 is 0 Å². The monoisotopic (exact) mass is 426 g/mol. The Morgan fingerprint density at radius 3 is 2.16 bits per heavy atom. The third kappa shape index (κ3) is 5.40. The largest absolute Gasteiger partial charge is 0.481 e. The summed E-state index contributed by atoms with van der Waals surface area (Å²) in [5.41, 5.74) is 4.47. The summed E-state index contributed by atoms with van der Waals surface area (Å²) in [6, 6.07) is 15.2. The van der Waals surface area contributed by atoms with Crippen LogP contribution in [0.25, 0.3) is 11.1 Å². The third-order valence-corrected chi connectivity index (χ3v) is 5.31. The number of alkyl carbamates (subject to hydrolysis) is 1. The molecule has 0 aliphatic heterocycles. The summed E-state index contributed by atoms with van der Waals surface area (Å²) in [4.78, 5) is 35.2. The van der Waals surface area contributed by atoms with E-state index in [-0.39, 0.29) is 25.5 Å². The number of amides is 2. The fraction of sp³-hybridized carbons (Fsp3) is 0.348. The van der Waals surface area contributed by atoms with E-state index >= 15 is 0 Å². The Bertz CT molecular complexity index is 915. The number of carboxylic acid groups (broad SMARTS) is 1. The lowest BCUT2D eigenvalue weighted by Crippen LogP contribution is -2.47. The Morgan fingerprint density at radius 2 is 1.61 bits per heavy atom. The van der Waals surface area contributed by atoms with Gasteiger partial charge in [0.25, 0.3) is 0 Å². The van der Waals surface area contributed by atoms with Crippen LogP contribution in [0.1, 0.15) is 30.4 Å². The van der Waals surface area contributed by atoms with E-state index in [0.717, 1.165) is 22.3 Å². The number of fused-ring (bicyclic) bond motifs is 3. The van der Waals surface area contributed by atoms with E-state index in [0.29, 0.717) is 0 Å².